The van der Waals surface area contributed by atoms with Gasteiger partial charge in [-0.15, -0.1) is 0 Å². The second-order valence-electron chi connectivity index (χ2n) is 7.97. The fourth-order valence-electron chi connectivity index (χ4n) is 3.56. The number of carbonyl (C=O) groups is 1. The first-order valence-corrected chi connectivity index (χ1v) is 11.5. The molecule has 0 N–H and O–H groups in total. The number of benzene rings is 3. The summed E-state index contributed by atoms with van der Waals surface area (Å²) in [5.74, 6) is 2.00. The van der Waals surface area contributed by atoms with Crippen LogP contribution in [0.1, 0.15) is 23.9 Å². The van der Waals surface area contributed by atoms with Crippen molar-refractivity contribution in [3.05, 3.63) is 102 Å². The predicted molar refractivity (Wildman–Crippen MR) is 131 cm³/mol. The average molecular weight is 475 g/mol. The first kappa shape index (κ1) is 24.0. The summed E-state index contributed by atoms with van der Waals surface area (Å²) in [5.41, 5.74) is 2.71. The van der Waals surface area contributed by atoms with Gasteiger partial charge in [0.25, 0.3) is 0 Å². The van der Waals surface area contributed by atoms with Crippen molar-refractivity contribution >= 4 is 6.09 Å². The van der Waals surface area contributed by atoms with Crippen LogP contribution in [0.3, 0.4) is 0 Å². The fraction of sp³-hybridized carbons (Fsp3) is 0.214. The zero-order chi connectivity index (χ0) is 24.6. The Bertz CT molecular complexity index is 1260. The summed E-state index contributed by atoms with van der Waals surface area (Å²) < 4.78 is 30.2. The Hall–Kier alpha value is -4.13. The molecule has 0 fully saturated rings. The van der Waals surface area contributed by atoms with Crippen LogP contribution in [-0.4, -0.2) is 29.1 Å². The van der Waals surface area contributed by atoms with Crippen molar-refractivity contribution in [2.75, 3.05) is 13.2 Å². The third-order valence-electron chi connectivity index (χ3n) is 5.45. The standard InChI is InChI=1S/C28H27FN2O4/c1-3-31(28(32)35-24-14-12-23(29)13-15-24)19-21-8-7-11-25(18-21)33-17-16-26-20(2)34-27(30-26)22-9-5-4-6-10-22/h4-15,18H,3,16-17,19H2,1-2H3. The lowest BCUT2D eigenvalue weighted by atomic mass is 10.2. The van der Waals surface area contributed by atoms with E-state index < -0.39 is 6.09 Å². The van der Waals surface area contributed by atoms with E-state index >= 15 is 0 Å². The maximum Gasteiger partial charge on any atom is 0.415 e. The molecule has 0 saturated carbocycles. The molecular weight excluding hydrogens is 447 g/mol. The summed E-state index contributed by atoms with van der Waals surface area (Å²) in [6.45, 7) is 5.03. The van der Waals surface area contributed by atoms with E-state index in [4.69, 9.17) is 13.9 Å². The minimum absolute atomic E-state index is 0.297. The number of hydrogen-bond donors (Lipinski definition) is 0. The molecule has 1 amide bonds. The molecule has 1 heterocycles. The normalized spacial score (nSPS) is 10.7. The summed E-state index contributed by atoms with van der Waals surface area (Å²) in [6, 6.07) is 22.7. The fourth-order valence-corrected chi connectivity index (χ4v) is 3.56. The number of hydrogen-bond acceptors (Lipinski definition) is 5. The van der Waals surface area contributed by atoms with Gasteiger partial charge in [-0.25, -0.2) is 14.2 Å². The maximum absolute atomic E-state index is 13.1. The van der Waals surface area contributed by atoms with E-state index in [1.165, 1.54) is 24.3 Å². The van der Waals surface area contributed by atoms with Crippen molar-refractivity contribution in [3.8, 4) is 23.0 Å². The molecule has 0 atom stereocenters. The van der Waals surface area contributed by atoms with Crippen LogP contribution in [0.5, 0.6) is 11.5 Å². The molecule has 3 aromatic carbocycles. The van der Waals surface area contributed by atoms with Gasteiger partial charge in [0.1, 0.15) is 23.1 Å². The number of nitrogens with zero attached hydrogens (tertiary/aromatic N) is 2. The van der Waals surface area contributed by atoms with Crippen molar-refractivity contribution in [1.29, 1.82) is 0 Å². The lowest BCUT2D eigenvalue weighted by Crippen LogP contribution is -2.32. The van der Waals surface area contributed by atoms with Gasteiger partial charge >= 0.3 is 6.09 Å². The number of oxazole rings is 1. The van der Waals surface area contributed by atoms with E-state index in [0.717, 1.165) is 22.6 Å². The highest BCUT2D eigenvalue weighted by atomic mass is 19.1. The summed E-state index contributed by atoms with van der Waals surface area (Å²) in [7, 11) is 0. The Morgan fingerprint density at radius 3 is 2.51 bits per heavy atom. The summed E-state index contributed by atoms with van der Waals surface area (Å²) >= 11 is 0. The first-order chi connectivity index (χ1) is 17.0. The lowest BCUT2D eigenvalue weighted by Gasteiger charge is -2.20. The predicted octanol–water partition coefficient (Wildman–Crippen LogP) is 6.43. The maximum atomic E-state index is 13.1. The molecule has 0 aliphatic rings. The number of rotatable bonds is 9. The molecule has 0 aliphatic carbocycles. The second-order valence-corrected chi connectivity index (χ2v) is 7.97. The number of amides is 1. The molecule has 180 valence electrons. The van der Waals surface area contributed by atoms with Gasteiger partial charge in [-0.2, -0.15) is 0 Å². The van der Waals surface area contributed by atoms with Crippen molar-refractivity contribution < 1.29 is 23.1 Å². The van der Waals surface area contributed by atoms with Crippen LogP contribution in [0.15, 0.2) is 83.3 Å². The van der Waals surface area contributed by atoms with Gasteiger partial charge < -0.3 is 18.8 Å². The largest absolute Gasteiger partial charge is 0.493 e. The van der Waals surface area contributed by atoms with E-state index in [2.05, 4.69) is 4.98 Å². The third-order valence-corrected chi connectivity index (χ3v) is 5.45. The van der Waals surface area contributed by atoms with Crippen molar-refractivity contribution in [1.82, 2.24) is 9.88 Å². The van der Waals surface area contributed by atoms with Gasteiger partial charge in [0.05, 0.1) is 12.3 Å². The van der Waals surface area contributed by atoms with Crippen LogP contribution < -0.4 is 9.47 Å². The summed E-state index contributed by atoms with van der Waals surface area (Å²) in [5, 5.41) is 0. The Labute approximate surface area is 203 Å². The van der Waals surface area contributed by atoms with Gasteiger partial charge in [0, 0.05) is 25.1 Å². The monoisotopic (exact) mass is 474 g/mol. The zero-order valence-electron chi connectivity index (χ0n) is 19.7. The van der Waals surface area contributed by atoms with Gasteiger partial charge in [0.15, 0.2) is 0 Å². The molecule has 0 radical (unpaired) electrons. The Morgan fingerprint density at radius 1 is 1.00 bits per heavy atom. The highest BCUT2D eigenvalue weighted by Gasteiger charge is 2.15. The van der Waals surface area contributed by atoms with Crippen LogP contribution in [0.2, 0.25) is 0 Å². The molecule has 35 heavy (non-hydrogen) atoms. The van der Waals surface area contributed by atoms with E-state index in [0.29, 0.717) is 43.5 Å². The smallest absolute Gasteiger partial charge is 0.415 e. The zero-order valence-corrected chi connectivity index (χ0v) is 19.7. The van der Waals surface area contributed by atoms with Gasteiger partial charge in [0.2, 0.25) is 5.89 Å². The Morgan fingerprint density at radius 2 is 1.77 bits per heavy atom. The summed E-state index contributed by atoms with van der Waals surface area (Å²) in [6.07, 6.45) is 0.110. The van der Waals surface area contributed by atoms with Gasteiger partial charge in [-0.3, -0.25) is 0 Å². The highest BCUT2D eigenvalue weighted by Crippen LogP contribution is 2.22. The summed E-state index contributed by atoms with van der Waals surface area (Å²) in [4.78, 5) is 18.7. The minimum Gasteiger partial charge on any atom is -0.493 e. The molecule has 1 aromatic heterocycles. The van der Waals surface area contributed by atoms with Crippen LogP contribution in [0.25, 0.3) is 11.5 Å². The first-order valence-electron chi connectivity index (χ1n) is 11.5. The number of carbonyl (C=O) groups excluding carboxylic acids is 1. The van der Waals surface area contributed by atoms with E-state index in [1.807, 2.05) is 68.4 Å². The third kappa shape index (κ3) is 6.47. The quantitative estimate of drug-likeness (QED) is 0.280. The molecule has 7 heteroatoms. The van der Waals surface area contributed by atoms with Gasteiger partial charge in [-0.05, 0) is 67.9 Å². The molecule has 0 spiro atoms. The molecule has 0 aliphatic heterocycles. The molecule has 6 nitrogen and oxygen atoms in total. The topological polar surface area (TPSA) is 64.8 Å². The van der Waals surface area contributed by atoms with Gasteiger partial charge in [-0.1, -0.05) is 30.3 Å². The van der Waals surface area contributed by atoms with Crippen LogP contribution in [0.4, 0.5) is 9.18 Å². The van der Waals surface area contributed by atoms with E-state index in [9.17, 15) is 9.18 Å². The number of aromatic nitrogens is 1. The van der Waals surface area contributed by atoms with Crippen molar-refractivity contribution in [2.24, 2.45) is 0 Å². The Balaban J connectivity index is 1.33. The van der Waals surface area contributed by atoms with Crippen molar-refractivity contribution in [2.45, 2.75) is 26.8 Å². The number of aryl methyl sites for hydroxylation is 1. The van der Waals surface area contributed by atoms with E-state index in [-0.39, 0.29) is 5.82 Å². The minimum atomic E-state index is -0.499. The van der Waals surface area contributed by atoms with Crippen LogP contribution in [0, 0.1) is 12.7 Å². The molecule has 4 aromatic rings. The molecule has 0 bridgehead atoms. The molecule has 0 unspecified atom stereocenters. The van der Waals surface area contributed by atoms with Crippen molar-refractivity contribution in [3.63, 3.8) is 0 Å². The van der Waals surface area contributed by atoms with Crippen LogP contribution >= 0.6 is 0 Å². The number of halogens is 1. The SMILES string of the molecule is CCN(Cc1cccc(OCCc2nc(-c3ccccc3)oc2C)c1)C(=O)Oc1ccc(F)cc1. The number of ether oxygens (including phenoxy) is 2. The lowest BCUT2D eigenvalue weighted by molar-refractivity contribution is 0.152. The Kier molecular flexibility index (Phi) is 7.77. The second kappa shape index (κ2) is 11.3. The molecular formula is C28H27FN2O4. The van der Waals surface area contributed by atoms with E-state index in [1.54, 1.807) is 4.90 Å². The molecule has 4 rings (SSSR count). The average Bonchev–Trinajstić information content (AvgIpc) is 3.25. The van der Waals surface area contributed by atoms with Crippen LogP contribution in [-0.2, 0) is 13.0 Å². The highest BCUT2D eigenvalue weighted by molar-refractivity contribution is 5.70. The molecule has 0 saturated heterocycles.